The molecule has 1 aliphatic rings. The number of rotatable bonds is 0. The number of nitrogens with one attached hydrogen (secondary N) is 2. The van der Waals surface area contributed by atoms with Crippen LogP contribution in [-0.4, -0.2) is 23.0 Å². The predicted octanol–water partition coefficient (Wildman–Crippen LogP) is 2.13. The van der Waals surface area contributed by atoms with E-state index in [2.05, 4.69) is 0 Å². The Labute approximate surface area is 95.3 Å². The van der Waals surface area contributed by atoms with Crippen LogP contribution in [0.4, 0.5) is 0 Å². The van der Waals surface area contributed by atoms with Crippen LogP contribution in [0.25, 0.3) is 11.5 Å². The van der Waals surface area contributed by atoms with Crippen LogP contribution in [-0.2, 0) is 16.5 Å². The summed E-state index contributed by atoms with van der Waals surface area (Å²) < 4.78 is 0. The third-order valence-corrected chi connectivity index (χ3v) is 1.77. The van der Waals surface area contributed by atoms with Crippen LogP contribution in [0.2, 0.25) is 0 Å². The molecule has 0 saturated heterocycles. The van der Waals surface area contributed by atoms with Gasteiger partial charge in [0.1, 0.15) is 0 Å². The Kier molecular flexibility index (Phi) is 19.8. The van der Waals surface area contributed by atoms with Gasteiger partial charge in [0.2, 0.25) is 0 Å². The average molecular weight is 414 g/mol. The molecule has 0 bridgehead atoms. The van der Waals surface area contributed by atoms with Crippen molar-refractivity contribution in [2.75, 3.05) is 0 Å². The topological polar surface area (TPSA) is 111 Å². The van der Waals surface area contributed by atoms with Crippen LogP contribution >= 0.6 is 18.8 Å². The quantitative estimate of drug-likeness (QED) is 0.579. The number of hydrogen-bond donors (Lipinski definition) is 0. The van der Waals surface area contributed by atoms with Gasteiger partial charge in [-0.2, -0.15) is 12.1 Å². The van der Waals surface area contributed by atoms with Gasteiger partial charge in [0.15, 0.2) is 0 Å². The van der Waals surface area contributed by atoms with Crippen LogP contribution < -0.4 is 0 Å². The first kappa shape index (κ1) is 19.6. The van der Waals surface area contributed by atoms with E-state index in [-0.39, 0.29) is 23.0 Å². The summed E-state index contributed by atoms with van der Waals surface area (Å²) in [6.07, 6.45) is 4.25. The van der Waals surface area contributed by atoms with Crippen molar-refractivity contribution in [1.29, 1.82) is 0 Å². The van der Waals surface area contributed by atoms with E-state index < -0.39 is 16.5 Å². The molecule has 0 radical (unpaired) electrons. The molecule has 0 aromatic rings. The molecule has 0 aromatic carbocycles. The zero-order valence-electron chi connectivity index (χ0n) is 7.06. The van der Waals surface area contributed by atoms with Gasteiger partial charge in [-0.05, 0) is 0 Å². The first-order valence-corrected chi connectivity index (χ1v) is 9.10. The summed E-state index contributed by atoms with van der Waals surface area (Å²) in [6.45, 7) is 0. The van der Waals surface area contributed by atoms with E-state index in [0.717, 1.165) is 12.8 Å². The second-order valence-electron chi connectivity index (χ2n) is 2.54. The van der Waals surface area contributed by atoms with E-state index in [1.54, 1.807) is 0 Å². The van der Waals surface area contributed by atoms with Crippen LogP contribution in [0.15, 0.2) is 0 Å². The summed E-state index contributed by atoms with van der Waals surface area (Å²) in [5.74, 6) is 0. The molecule has 1 saturated carbocycles. The van der Waals surface area contributed by atoms with E-state index in [0.29, 0.717) is 0 Å². The van der Waals surface area contributed by atoms with Crippen molar-refractivity contribution in [3.05, 3.63) is 11.5 Å². The fourth-order valence-corrected chi connectivity index (χ4v) is 1.13. The number of halogens is 2. The minimum absolute atomic E-state index is 0. The van der Waals surface area contributed by atoms with E-state index in [9.17, 15) is 0 Å². The molecule has 6 N–H and O–H groups in total. The van der Waals surface area contributed by atoms with E-state index in [1.807, 2.05) is 0 Å². The van der Waals surface area contributed by atoms with Crippen molar-refractivity contribution in [2.24, 2.45) is 0 Å². The fourth-order valence-electron chi connectivity index (χ4n) is 1.13. The van der Waals surface area contributed by atoms with Gasteiger partial charge < -0.3 is 22.4 Å². The third kappa shape index (κ3) is 11.0. The maximum absolute atomic E-state index is 7.29. The zero-order valence-corrected chi connectivity index (χ0v) is 10.8. The molecule has 1 fully saturated rings. The van der Waals surface area contributed by atoms with Gasteiger partial charge in [-0.15, -0.1) is 0 Å². The van der Waals surface area contributed by atoms with Crippen LogP contribution in [0.5, 0.6) is 0 Å². The fraction of sp³-hybridized carbons (Fsp3) is 1.00. The Hall–Kier alpha value is 1.11. The SMILES string of the molecule is O.O.[Cl][Pt+2][Cl].[NH-]C1CCCCC1[NH-]. The van der Waals surface area contributed by atoms with Gasteiger partial charge in [0, 0.05) is 0 Å². The standard InChI is InChI=1S/C6H12N2.2ClH.2H2O.Pt/c7-5-3-1-2-4-6(5)8;;;;;/h5-8H,1-4H2;2*1H;2*1H2;/q-2;;;;;+4/p-2. The Bertz CT molecular complexity index is 92.7. The second-order valence-corrected chi connectivity index (χ2v) is 5.83. The van der Waals surface area contributed by atoms with E-state index in [4.69, 9.17) is 30.3 Å². The Morgan fingerprint density at radius 3 is 1.31 bits per heavy atom. The van der Waals surface area contributed by atoms with Crippen molar-refractivity contribution < 1.29 is 27.4 Å². The molecule has 2 atom stereocenters. The largest absolute Gasteiger partial charge is 0.676 e. The van der Waals surface area contributed by atoms with Crippen molar-refractivity contribution in [3.8, 4) is 0 Å². The molecular weight excluding hydrogens is 398 g/mol. The van der Waals surface area contributed by atoms with Gasteiger partial charge >= 0.3 is 35.3 Å². The summed E-state index contributed by atoms with van der Waals surface area (Å²) in [4.78, 5) is 0. The van der Waals surface area contributed by atoms with Crippen LogP contribution in [0, 0.1) is 0 Å². The molecular formula is C6H16Cl2N2O2Pt. The van der Waals surface area contributed by atoms with Crippen molar-refractivity contribution >= 4 is 18.8 Å². The maximum atomic E-state index is 7.29. The summed E-state index contributed by atoms with van der Waals surface area (Å²) in [5.41, 5.74) is 14.6. The van der Waals surface area contributed by atoms with E-state index in [1.165, 1.54) is 12.8 Å². The summed E-state index contributed by atoms with van der Waals surface area (Å²) in [7, 11) is 9.75. The summed E-state index contributed by atoms with van der Waals surface area (Å²) in [6, 6.07) is -0.160. The van der Waals surface area contributed by atoms with Crippen molar-refractivity contribution in [2.45, 2.75) is 37.8 Å². The van der Waals surface area contributed by atoms with Gasteiger partial charge in [0.05, 0.1) is 0 Å². The Morgan fingerprint density at radius 1 is 0.923 bits per heavy atom. The molecule has 0 heterocycles. The van der Waals surface area contributed by atoms with Crippen LogP contribution in [0.3, 0.4) is 0 Å². The van der Waals surface area contributed by atoms with Crippen molar-refractivity contribution in [3.63, 3.8) is 0 Å². The third-order valence-electron chi connectivity index (χ3n) is 1.77. The number of hydrogen-bond acceptors (Lipinski definition) is 0. The Balaban J connectivity index is -0.000000180. The first-order chi connectivity index (χ1) is 5.22. The molecule has 1 aliphatic carbocycles. The van der Waals surface area contributed by atoms with Crippen molar-refractivity contribution in [1.82, 2.24) is 0 Å². The van der Waals surface area contributed by atoms with Gasteiger partial charge in [-0.1, -0.05) is 25.7 Å². The normalized spacial score (nSPS) is 26.2. The maximum Gasteiger partial charge on any atom is -0.0548 e. The molecule has 2 unspecified atom stereocenters. The summed E-state index contributed by atoms with van der Waals surface area (Å²) >= 11 is -0.472. The Morgan fingerprint density at radius 2 is 1.15 bits per heavy atom. The molecule has 7 heteroatoms. The molecule has 4 nitrogen and oxygen atoms in total. The average Bonchev–Trinajstić information content (AvgIpc) is 1.97. The van der Waals surface area contributed by atoms with Gasteiger partial charge in [-0.25, -0.2) is 0 Å². The minimum Gasteiger partial charge on any atom is -0.676 e. The zero-order chi connectivity index (χ0) is 8.69. The molecule has 1 rings (SSSR count). The molecule has 86 valence electrons. The molecule has 0 spiro atoms. The minimum atomic E-state index is -0.472. The smallest absolute Gasteiger partial charge is 0.0548 e. The van der Waals surface area contributed by atoms with Crippen LogP contribution in [0.1, 0.15) is 25.7 Å². The molecule has 0 aromatic heterocycles. The molecule has 13 heavy (non-hydrogen) atoms. The van der Waals surface area contributed by atoms with E-state index >= 15 is 0 Å². The van der Waals surface area contributed by atoms with Gasteiger partial charge in [-0.3, -0.25) is 0 Å². The summed E-state index contributed by atoms with van der Waals surface area (Å²) in [5, 5.41) is 0. The monoisotopic (exact) mass is 413 g/mol. The van der Waals surface area contributed by atoms with Gasteiger partial charge in [0.25, 0.3) is 0 Å². The second kappa shape index (κ2) is 13.1. The molecule has 0 amide bonds. The predicted molar refractivity (Wildman–Crippen MR) is 53.6 cm³/mol. The molecule has 0 aliphatic heterocycles. The first-order valence-electron chi connectivity index (χ1n) is 3.47.